The Morgan fingerprint density at radius 3 is 2.45 bits per heavy atom. The standard InChI is InChI=1S/C21H19F4N5O/c1-3-19-15-6-14(23)8-18(25)20(15)28-30(19)12(2)21(31,9-29-11-26-10-27-29)16-5-4-13(22)7-17(16)24/h4-8,10-12,31H,3,9H2,1-2H3/t12-,21-/m1/s1. The summed E-state index contributed by atoms with van der Waals surface area (Å²) in [4.78, 5) is 3.83. The molecule has 6 nitrogen and oxygen atoms in total. The van der Waals surface area contributed by atoms with Gasteiger partial charge in [0.1, 0.15) is 41.2 Å². The number of rotatable bonds is 6. The molecule has 162 valence electrons. The molecule has 0 spiro atoms. The van der Waals surface area contributed by atoms with Gasteiger partial charge in [0.2, 0.25) is 0 Å². The van der Waals surface area contributed by atoms with E-state index in [1.54, 1.807) is 13.8 Å². The molecule has 0 unspecified atom stereocenters. The Morgan fingerprint density at radius 1 is 1.06 bits per heavy atom. The van der Waals surface area contributed by atoms with Crippen molar-refractivity contribution in [1.82, 2.24) is 24.5 Å². The van der Waals surface area contributed by atoms with Crippen LogP contribution in [0.1, 0.15) is 31.1 Å². The summed E-state index contributed by atoms with van der Waals surface area (Å²) in [7, 11) is 0. The second kappa shape index (κ2) is 7.77. The molecule has 0 fully saturated rings. The molecule has 0 bridgehead atoms. The number of aromatic nitrogens is 5. The Balaban J connectivity index is 1.92. The van der Waals surface area contributed by atoms with E-state index in [-0.39, 0.29) is 23.0 Å². The number of fused-ring (bicyclic) bond motifs is 1. The molecular formula is C21H19F4N5O. The van der Waals surface area contributed by atoms with Gasteiger partial charge in [0.15, 0.2) is 5.82 Å². The van der Waals surface area contributed by atoms with Crippen LogP contribution in [0.5, 0.6) is 0 Å². The molecule has 1 N–H and O–H groups in total. The Morgan fingerprint density at radius 2 is 1.81 bits per heavy atom. The number of aryl methyl sites for hydroxylation is 1. The molecule has 4 rings (SSSR count). The van der Waals surface area contributed by atoms with Crippen molar-refractivity contribution >= 4 is 10.9 Å². The molecule has 0 saturated heterocycles. The Labute approximate surface area is 174 Å². The van der Waals surface area contributed by atoms with Crippen molar-refractivity contribution in [2.24, 2.45) is 0 Å². The highest BCUT2D eigenvalue weighted by molar-refractivity contribution is 5.82. The van der Waals surface area contributed by atoms with Crippen LogP contribution in [0, 0.1) is 23.3 Å². The lowest BCUT2D eigenvalue weighted by Gasteiger charge is -2.35. The Hall–Kier alpha value is -3.27. The van der Waals surface area contributed by atoms with Crippen LogP contribution in [0.2, 0.25) is 0 Å². The van der Waals surface area contributed by atoms with Crippen LogP contribution >= 0.6 is 0 Å². The lowest BCUT2D eigenvalue weighted by molar-refractivity contribution is -0.0374. The van der Waals surface area contributed by atoms with Crippen molar-refractivity contribution in [3.05, 3.63) is 77.5 Å². The van der Waals surface area contributed by atoms with E-state index in [4.69, 9.17) is 0 Å². The summed E-state index contributed by atoms with van der Waals surface area (Å²) in [6, 6.07) is 3.78. The van der Waals surface area contributed by atoms with Gasteiger partial charge in [-0.05, 0) is 25.5 Å². The number of halogens is 4. The van der Waals surface area contributed by atoms with Gasteiger partial charge in [0, 0.05) is 28.8 Å². The quantitative estimate of drug-likeness (QED) is 0.469. The molecular weight excluding hydrogens is 414 g/mol. The van der Waals surface area contributed by atoms with Crippen LogP contribution in [-0.4, -0.2) is 29.7 Å². The largest absolute Gasteiger partial charge is 0.381 e. The van der Waals surface area contributed by atoms with Crippen LogP contribution < -0.4 is 0 Å². The fraction of sp³-hybridized carbons (Fsp3) is 0.286. The number of benzene rings is 2. The van der Waals surface area contributed by atoms with E-state index < -0.39 is 34.9 Å². The molecule has 0 aliphatic heterocycles. The first-order valence-electron chi connectivity index (χ1n) is 9.61. The Kier molecular flexibility index (Phi) is 5.26. The van der Waals surface area contributed by atoms with Crippen LogP contribution in [0.3, 0.4) is 0 Å². The topological polar surface area (TPSA) is 68.8 Å². The maximum Gasteiger partial charge on any atom is 0.154 e. The number of hydrogen-bond acceptors (Lipinski definition) is 4. The molecule has 10 heteroatoms. The van der Waals surface area contributed by atoms with Crippen LogP contribution in [-0.2, 0) is 18.6 Å². The molecule has 0 aliphatic carbocycles. The summed E-state index contributed by atoms with van der Waals surface area (Å²) >= 11 is 0. The van der Waals surface area contributed by atoms with Crippen molar-refractivity contribution in [2.45, 2.75) is 38.5 Å². The second-order valence-corrected chi connectivity index (χ2v) is 7.35. The van der Waals surface area contributed by atoms with Crippen molar-refractivity contribution in [3.8, 4) is 0 Å². The summed E-state index contributed by atoms with van der Waals surface area (Å²) in [5, 5.41) is 20.2. The summed E-state index contributed by atoms with van der Waals surface area (Å²) in [5.41, 5.74) is -1.77. The van der Waals surface area contributed by atoms with Gasteiger partial charge in [-0.15, -0.1) is 0 Å². The van der Waals surface area contributed by atoms with Crippen LogP contribution in [0.25, 0.3) is 10.9 Å². The highest BCUT2D eigenvalue weighted by Crippen LogP contribution is 2.38. The van der Waals surface area contributed by atoms with Gasteiger partial charge in [-0.2, -0.15) is 10.2 Å². The first kappa shape index (κ1) is 21.0. The first-order valence-corrected chi connectivity index (χ1v) is 9.61. The molecule has 0 radical (unpaired) electrons. The minimum atomic E-state index is -1.98. The van der Waals surface area contributed by atoms with Gasteiger partial charge in [-0.3, -0.25) is 4.68 Å². The molecule has 2 heterocycles. The summed E-state index contributed by atoms with van der Waals surface area (Å²) in [6.45, 7) is 3.10. The second-order valence-electron chi connectivity index (χ2n) is 7.35. The molecule has 2 atom stereocenters. The van der Waals surface area contributed by atoms with Gasteiger partial charge < -0.3 is 5.11 Å². The number of nitrogens with zero attached hydrogens (tertiary/aromatic N) is 5. The Bertz CT molecular complexity index is 1240. The molecule has 4 aromatic rings. The zero-order valence-corrected chi connectivity index (χ0v) is 16.7. The van der Waals surface area contributed by atoms with E-state index >= 15 is 0 Å². The van der Waals surface area contributed by atoms with Crippen molar-refractivity contribution < 1.29 is 22.7 Å². The summed E-state index contributed by atoms with van der Waals surface area (Å²) in [5.74, 6) is -3.35. The zero-order chi connectivity index (χ0) is 22.3. The van der Waals surface area contributed by atoms with E-state index in [0.29, 0.717) is 18.2 Å². The summed E-state index contributed by atoms with van der Waals surface area (Å²) in [6.07, 6.45) is 2.94. The third-order valence-corrected chi connectivity index (χ3v) is 5.48. The SMILES string of the molecule is CCc1c2cc(F)cc(F)c2nn1[C@H](C)[C@](O)(Cn1cncn1)c1ccc(F)cc1F. The van der Waals surface area contributed by atoms with Gasteiger partial charge in [-0.25, -0.2) is 27.2 Å². The van der Waals surface area contributed by atoms with Crippen molar-refractivity contribution in [3.63, 3.8) is 0 Å². The molecule has 31 heavy (non-hydrogen) atoms. The molecule has 2 aromatic heterocycles. The lowest BCUT2D eigenvalue weighted by Crippen LogP contribution is -2.41. The van der Waals surface area contributed by atoms with Crippen molar-refractivity contribution in [1.29, 1.82) is 0 Å². The average molecular weight is 433 g/mol. The molecule has 2 aromatic carbocycles. The van der Waals surface area contributed by atoms with Gasteiger partial charge in [0.05, 0.1) is 12.6 Å². The van der Waals surface area contributed by atoms with E-state index in [9.17, 15) is 22.7 Å². The average Bonchev–Trinajstić information content (AvgIpc) is 3.34. The minimum absolute atomic E-state index is 0.0622. The third-order valence-electron chi connectivity index (χ3n) is 5.48. The third kappa shape index (κ3) is 3.56. The fourth-order valence-corrected chi connectivity index (χ4v) is 3.90. The normalized spacial score (nSPS) is 14.7. The maximum absolute atomic E-state index is 14.8. The lowest BCUT2D eigenvalue weighted by atomic mass is 9.86. The molecule has 0 amide bonds. The van der Waals surface area contributed by atoms with Crippen LogP contribution in [0.4, 0.5) is 17.6 Å². The highest BCUT2D eigenvalue weighted by atomic mass is 19.1. The van der Waals surface area contributed by atoms with E-state index in [2.05, 4.69) is 15.2 Å². The molecule has 0 saturated carbocycles. The zero-order valence-electron chi connectivity index (χ0n) is 16.7. The predicted octanol–water partition coefficient (Wildman–Crippen LogP) is 3.90. The van der Waals surface area contributed by atoms with Crippen molar-refractivity contribution in [2.75, 3.05) is 0 Å². The van der Waals surface area contributed by atoms with E-state index in [0.717, 1.165) is 18.2 Å². The van der Waals surface area contributed by atoms with E-state index in [1.807, 2.05) is 0 Å². The van der Waals surface area contributed by atoms with Gasteiger partial charge in [-0.1, -0.05) is 13.0 Å². The predicted molar refractivity (Wildman–Crippen MR) is 104 cm³/mol. The highest BCUT2D eigenvalue weighted by Gasteiger charge is 2.41. The van der Waals surface area contributed by atoms with Gasteiger partial charge in [0.25, 0.3) is 0 Å². The van der Waals surface area contributed by atoms with Crippen LogP contribution in [0.15, 0.2) is 43.0 Å². The minimum Gasteiger partial charge on any atom is -0.381 e. The van der Waals surface area contributed by atoms with Gasteiger partial charge >= 0.3 is 0 Å². The summed E-state index contributed by atoms with van der Waals surface area (Å²) < 4.78 is 59.2. The number of aliphatic hydroxyl groups is 1. The molecule has 0 aliphatic rings. The number of hydrogen-bond donors (Lipinski definition) is 1. The van der Waals surface area contributed by atoms with E-state index in [1.165, 1.54) is 28.1 Å². The fourth-order valence-electron chi connectivity index (χ4n) is 3.90. The monoisotopic (exact) mass is 433 g/mol. The first-order chi connectivity index (χ1) is 14.7. The maximum atomic E-state index is 14.8. The smallest absolute Gasteiger partial charge is 0.154 e.